The number of benzene rings is 3. The highest BCUT2D eigenvalue weighted by Gasteiger charge is 2.17. The van der Waals surface area contributed by atoms with Crippen molar-refractivity contribution in [3.63, 3.8) is 0 Å². The van der Waals surface area contributed by atoms with E-state index in [1.807, 2.05) is 0 Å². The van der Waals surface area contributed by atoms with E-state index in [0.717, 1.165) is 6.26 Å². The second-order valence-electron chi connectivity index (χ2n) is 7.55. The van der Waals surface area contributed by atoms with Gasteiger partial charge in [0.05, 0.1) is 10.6 Å². The zero-order chi connectivity index (χ0) is 24.1. The average Bonchev–Trinajstić information content (AvgIpc) is 2.77. The van der Waals surface area contributed by atoms with Gasteiger partial charge in [-0.05, 0) is 36.4 Å². The molecule has 0 atom stereocenters. The minimum Gasteiger partial charge on any atom is -0.366 e. The molecule has 0 saturated carbocycles. The highest BCUT2D eigenvalue weighted by molar-refractivity contribution is 7.90. The average molecular weight is 495 g/mol. The summed E-state index contributed by atoms with van der Waals surface area (Å²) in [5.74, 6) is -1.07. The van der Waals surface area contributed by atoms with Crippen LogP contribution in [-0.2, 0) is 33.0 Å². The molecule has 0 heterocycles. The van der Waals surface area contributed by atoms with Crippen molar-refractivity contribution in [2.24, 2.45) is 0 Å². The molecule has 33 heavy (non-hydrogen) atoms. The van der Waals surface area contributed by atoms with Gasteiger partial charge >= 0.3 is 0 Å². The van der Waals surface area contributed by atoms with E-state index < -0.39 is 31.5 Å². The first kappa shape index (κ1) is 24.8. The molecule has 0 amide bonds. The monoisotopic (exact) mass is 494 g/mol. The van der Waals surface area contributed by atoms with Gasteiger partial charge in [-0.1, -0.05) is 36.4 Å². The molecule has 1 N–H and O–H groups in total. The number of hydrogen-bond acceptors (Lipinski definition) is 5. The number of sulfone groups is 1. The van der Waals surface area contributed by atoms with E-state index in [4.69, 9.17) is 0 Å². The van der Waals surface area contributed by atoms with Crippen LogP contribution in [0.15, 0.2) is 77.7 Å². The van der Waals surface area contributed by atoms with E-state index in [2.05, 4.69) is 4.72 Å². The van der Waals surface area contributed by atoms with Crippen LogP contribution in [0.2, 0.25) is 0 Å². The quantitative estimate of drug-likeness (QED) is 0.467. The van der Waals surface area contributed by atoms with Crippen LogP contribution in [0.1, 0.15) is 11.1 Å². The van der Waals surface area contributed by atoms with Gasteiger partial charge in [-0.25, -0.2) is 30.3 Å². The van der Waals surface area contributed by atoms with Gasteiger partial charge < -0.3 is 4.90 Å². The maximum Gasteiger partial charge on any atom is 0.240 e. The molecule has 3 rings (SSSR count). The fourth-order valence-electron chi connectivity index (χ4n) is 3.14. The SMILES string of the molecule is CS(=O)(=O)CCN(Cc1ccccc1F)c1ccc(S(=O)(=O)NCc2ccccc2F)cc1. The van der Waals surface area contributed by atoms with Crippen molar-refractivity contribution in [3.05, 3.63) is 95.6 Å². The molecule has 3 aromatic rings. The molecule has 10 heteroatoms. The maximum absolute atomic E-state index is 14.2. The molecule has 3 aromatic carbocycles. The zero-order valence-electron chi connectivity index (χ0n) is 17.9. The molecular weight excluding hydrogens is 470 g/mol. The molecule has 0 radical (unpaired) electrons. The van der Waals surface area contributed by atoms with Crippen LogP contribution in [-0.4, -0.2) is 35.4 Å². The number of sulfonamides is 1. The normalized spacial score (nSPS) is 12.0. The van der Waals surface area contributed by atoms with Crippen LogP contribution in [0, 0.1) is 11.6 Å². The van der Waals surface area contributed by atoms with Gasteiger partial charge in [-0.3, -0.25) is 0 Å². The van der Waals surface area contributed by atoms with Crippen molar-refractivity contribution >= 4 is 25.5 Å². The Morgan fingerprint density at radius 2 is 1.33 bits per heavy atom. The second-order valence-corrected chi connectivity index (χ2v) is 11.6. The lowest BCUT2D eigenvalue weighted by Gasteiger charge is -2.25. The number of halogens is 2. The summed E-state index contributed by atoms with van der Waals surface area (Å²) < 4.78 is 78.8. The largest absolute Gasteiger partial charge is 0.366 e. The predicted octanol–water partition coefficient (Wildman–Crippen LogP) is 3.49. The van der Waals surface area contributed by atoms with Crippen molar-refractivity contribution in [2.75, 3.05) is 23.5 Å². The summed E-state index contributed by atoms with van der Waals surface area (Å²) in [7, 11) is -7.18. The van der Waals surface area contributed by atoms with E-state index in [1.165, 1.54) is 48.5 Å². The maximum atomic E-state index is 14.2. The number of anilines is 1. The number of rotatable bonds is 10. The third-order valence-corrected chi connectivity index (χ3v) is 7.31. The molecule has 0 saturated heterocycles. The van der Waals surface area contributed by atoms with Crippen LogP contribution < -0.4 is 9.62 Å². The summed E-state index contributed by atoms with van der Waals surface area (Å²) >= 11 is 0. The Kier molecular flexibility index (Phi) is 7.83. The van der Waals surface area contributed by atoms with Crippen molar-refractivity contribution in [1.82, 2.24) is 4.72 Å². The molecule has 0 aliphatic rings. The zero-order valence-corrected chi connectivity index (χ0v) is 19.5. The van der Waals surface area contributed by atoms with E-state index >= 15 is 0 Å². The fraction of sp³-hybridized carbons (Fsp3) is 0.217. The Morgan fingerprint density at radius 3 is 1.88 bits per heavy atom. The van der Waals surface area contributed by atoms with Crippen LogP contribution >= 0.6 is 0 Å². The number of hydrogen-bond donors (Lipinski definition) is 1. The molecule has 0 aliphatic carbocycles. The summed E-state index contributed by atoms with van der Waals surface area (Å²) in [5.41, 5.74) is 1.14. The molecule has 6 nitrogen and oxygen atoms in total. The summed E-state index contributed by atoms with van der Waals surface area (Å²) in [4.78, 5) is 1.64. The van der Waals surface area contributed by atoms with Gasteiger partial charge in [0.2, 0.25) is 10.0 Å². The summed E-state index contributed by atoms with van der Waals surface area (Å²) in [5, 5.41) is 0. The third kappa shape index (κ3) is 7.08. The lowest BCUT2D eigenvalue weighted by atomic mass is 10.2. The van der Waals surface area contributed by atoms with Gasteiger partial charge in [0.25, 0.3) is 0 Å². The summed E-state index contributed by atoms with van der Waals surface area (Å²) in [6, 6.07) is 17.8. The first-order valence-electron chi connectivity index (χ1n) is 10.0. The molecule has 0 unspecified atom stereocenters. The predicted molar refractivity (Wildman–Crippen MR) is 124 cm³/mol. The van der Waals surface area contributed by atoms with Crippen LogP contribution in [0.4, 0.5) is 14.5 Å². The van der Waals surface area contributed by atoms with E-state index in [0.29, 0.717) is 11.3 Å². The molecule has 0 fully saturated rings. The standard InChI is InChI=1S/C23H24F2N2O4S2/c1-32(28,29)15-14-27(17-19-7-3-5-9-23(19)25)20-10-12-21(13-11-20)33(30,31)26-16-18-6-2-4-8-22(18)24/h2-13,26H,14-17H2,1H3. The molecule has 0 spiro atoms. The molecule has 176 valence electrons. The van der Waals surface area contributed by atoms with Crippen molar-refractivity contribution in [2.45, 2.75) is 18.0 Å². The Labute approximate surface area is 192 Å². The van der Waals surface area contributed by atoms with Gasteiger partial charge in [0.1, 0.15) is 21.5 Å². The first-order valence-corrected chi connectivity index (χ1v) is 13.6. The Balaban J connectivity index is 1.79. The van der Waals surface area contributed by atoms with Crippen molar-refractivity contribution in [1.29, 1.82) is 0 Å². The highest BCUT2D eigenvalue weighted by Crippen LogP contribution is 2.22. The molecule has 0 aliphatic heterocycles. The topological polar surface area (TPSA) is 83.6 Å². The lowest BCUT2D eigenvalue weighted by Crippen LogP contribution is -2.29. The first-order chi connectivity index (χ1) is 15.5. The van der Waals surface area contributed by atoms with Gasteiger partial charge in [-0.15, -0.1) is 0 Å². The second kappa shape index (κ2) is 10.4. The van der Waals surface area contributed by atoms with E-state index in [9.17, 15) is 25.6 Å². The minimum absolute atomic E-state index is 0.0310. The fourth-order valence-corrected chi connectivity index (χ4v) is 4.70. The third-order valence-electron chi connectivity index (χ3n) is 4.97. The van der Waals surface area contributed by atoms with Gasteiger partial charge in [0, 0.05) is 42.7 Å². The Morgan fingerprint density at radius 1 is 0.788 bits per heavy atom. The lowest BCUT2D eigenvalue weighted by molar-refractivity contribution is 0.574. The van der Waals surface area contributed by atoms with E-state index in [1.54, 1.807) is 29.2 Å². The molecular formula is C23H24F2N2O4S2. The Bertz CT molecular complexity index is 1310. The minimum atomic E-state index is -3.91. The van der Waals surface area contributed by atoms with Crippen LogP contribution in [0.25, 0.3) is 0 Å². The van der Waals surface area contributed by atoms with Crippen molar-refractivity contribution < 1.29 is 25.6 Å². The number of nitrogens with zero attached hydrogens (tertiary/aromatic N) is 1. The number of nitrogens with one attached hydrogen (secondary N) is 1. The smallest absolute Gasteiger partial charge is 0.240 e. The Hall–Kier alpha value is -2.82. The van der Waals surface area contributed by atoms with Crippen LogP contribution in [0.5, 0.6) is 0 Å². The summed E-state index contributed by atoms with van der Waals surface area (Å²) in [6.07, 6.45) is 1.12. The van der Waals surface area contributed by atoms with E-state index in [-0.39, 0.29) is 35.8 Å². The van der Waals surface area contributed by atoms with Gasteiger partial charge in [0.15, 0.2) is 0 Å². The molecule has 0 aromatic heterocycles. The summed E-state index contributed by atoms with van der Waals surface area (Å²) in [6.45, 7) is 0.00908. The highest BCUT2D eigenvalue weighted by atomic mass is 32.2. The molecule has 0 bridgehead atoms. The van der Waals surface area contributed by atoms with Crippen LogP contribution in [0.3, 0.4) is 0 Å². The van der Waals surface area contributed by atoms with Crippen molar-refractivity contribution in [3.8, 4) is 0 Å². The van der Waals surface area contributed by atoms with Gasteiger partial charge in [-0.2, -0.15) is 0 Å².